The Morgan fingerprint density at radius 2 is 2.36 bits per heavy atom. The van der Waals surface area contributed by atoms with Gasteiger partial charge in [0.1, 0.15) is 5.75 Å². The molecule has 0 saturated heterocycles. The van der Waals surface area contributed by atoms with Crippen molar-refractivity contribution in [2.24, 2.45) is 0 Å². The molecule has 0 unspecified atom stereocenters. The summed E-state index contributed by atoms with van der Waals surface area (Å²) < 4.78 is 25.6. The average Bonchev–Trinajstić information content (AvgIpc) is 2.10. The standard InChI is InChI=1S/C5H6ClNO3S/c1-4-2-5(10-7-4)3-11(6,8)9/h2H,3H2,1H3. The number of hydrogen-bond donors (Lipinski definition) is 0. The van der Waals surface area contributed by atoms with E-state index in [1.165, 1.54) is 6.07 Å². The van der Waals surface area contributed by atoms with Gasteiger partial charge in [-0.3, -0.25) is 0 Å². The van der Waals surface area contributed by atoms with Gasteiger partial charge in [-0.05, 0) is 6.92 Å². The summed E-state index contributed by atoms with van der Waals surface area (Å²) in [6, 6.07) is 1.53. The van der Waals surface area contributed by atoms with Crippen LogP contribution in [0.25, 0.3) is 0 Å². The lowest BCUT2D eigenvalue weighted by Crippen LogP contribution is -1.92. The normalized spacial score (nSPS) is 11.8. The molecule has 4 nitrogen and oxygen atoms in total. The van der Waals surface area contributed by atoms with Crippen molar-refractivity contribution in [2.45, 2.75) is 12.7 Å². The van der Waals surface area contributed by atoms with Crippen LogP contribution in [0.1, 0.15) is 11.5 Å². The first kappa shape index (κ1) is 8.55. The number of rotatable bonds is 2. The van der Waals surface area contributed by atoms with Crippen LogP contribution < -0.4 is 0 Å². The van der Waals surface area contributed by atoms with Crippen LogP contribution in [0.2, 0.25) is 0 Å². The van der Waals surface area contributed by atoms with Gasteiger partial charge in [-0.25, -0.2) is 8.42 Å². The summed E-state index contributed by atoms with van der Waals surface area (Å²) in [6.45, 7) is 1.70. The van der Waals surface area contributed by atoms with Crippen molar-refractivity contribution in [2.75, 3.05) is 0 Å². The zero-order chi connectivity index (χ0) is 8.48. The van der Waals surface area contributed by atoms with Crippen LogP contribution in [-0.2, 0) is 14.8 Å². The summed E-state index contributed by atoms with van der Waals surface area (Å²) in [7, 11) is 1.44. The first-order valence-electron chi connectivity index (χ1n) is 2.82. The molecule has 0 atom stereocenters. The van der Waals surface area contributed by atoms with Gasteiger partial charge < -0.3 is 4.52 Å². The van der Waals surface area contributed by atoms with Crippen LogP contribution in [-0.4, -0.2) is 13.6 Å². The fourth-order valence-corrected chi connectivity index (χ4v) is 1.45. The number of hydrogen-bond acceptors (Lipinski definition) is 4. The first-order valence-corrected chi connectivity index (χ1v) is 5.30. The van der Waals surface area contributed by atoms with E-state index in [-0.39, 0.29) is 11.5 Å². The second kappa shape index (κ2) is 2.83. The van der Waals surface area contributed by atoms with Gasteiger partial charge in [-0.1, -0.05) is 5.16 Å². The van der Waals surface area contributed by atoms with Gasteiger partial charge in [-0.15, -0.1) is 0 Å². The second-order valence-electron chi connectivity index (χ2n) is 2.12. The minimum absolute atomic E-state index is 0.262. The highest BCUT2D eigenvalue weighted by molar-refractivity contribution is 8.13. The Morgan fingerprint density at radius 3 is 2.73 bits per heavy atom. The number of aromatic nitrogens is 1. The number of aryl methyl sites for hydroxylation is 1. The van der Waals surface area contributed by atoms with E-state index < -0.39 is 9.05 Å². The fraction of sp³-hybridized carbons (Fsp3) is 0.400. The monoisotopic (exact) mass is 195 g/mol. The quantitative estimate of drug-likeness (QED) is 0.662. The molecule has 0 aliphatic heterocycles. The van der Waals surface area contributed by atoms with Crippen molar-refractivity contribution < 1.29 is 12.9 Å². The lowest BCUT2D eigenvalue weighted by molar-refractivity contribution is 0.389. The molecular weight excluding hydrogens is 190 g/mol. The SMILES string of the molecule is Cc1cc(CS(=O)(=O)Cl)on1. The van der Waals surface area contributed by atoms with E-state index in [2.05, 4.69) is 9.68 Å². The maximum absolute atomic E-state index is 10.5. The van der Waals surface area contributed by atoms with Crippen LogP contribution in [0.5, 0.6) is 0 Å². The molecule has 0 aromatic carbocycles. The van der Waals surface area contributed by atoms with Crippen LogP contribution in [0.3, 0.4) is 0 Å². The molecule has 0 bridgehead atoms. The van der Waals surface area contributed by atoms with Crippen LogP contribution in [0.4, 0.5) is 0 Å². The summed E-state index contributed by atoms with van der Waals surface area (Å²) in [5, 5.41) is 3.50. The third kappa shape index (κ3) is 2.90. The molecule has 1 aromatic rings. The van der Waals surface area contributed by atoms with Crippen LogP contribution in [0.15, 0.2) is 10.6 Å². The molecule has 0 fully saturated rings. The minimum atomic E-state index is -3.53. The molecule has 1 rings (SSSR count). The molecule has 62 valence electrons. The molecule has 0 amide bonds. The molecular formula is C5H6ClNO3S. The zero-order valence-corrected chi connectivity index (χ0v) is 7.32. The topological polar surface area (TPSA) is 60.2 Å². The molecule has 0 aliphatic rings. The molecule has 0 aliphatic carbocycles. The molecule has 0 saturated carbocycles. The molecule has 0 radical (unpaired) electrons. The summed E-state index contributed by atoms with van der Waals surface area (Å²) in [4.78, 5) is 0. The fourth-order valence-electron chi connectivity index (χ4n) is 0.654. The van der Waals surface area contributed by atoms with Crippen molar-refractivity contribution >= 4 is 19.7 Å². The van der Waals surface area contributed by atoms with Gasteiger partial charge in [-0.2, -0.15) is 0 Å². The van der Waals surface area contributed by atoms with Crippen molar-refractivity contribution in [3.63, 3.8) is 0 Å². The van der Waals surface area contributed by atoms with E-state index in [9.17, 15) is 8.42 Å². The summed E-state index contributed by atoms with van der Waals surface area (Å²) in [5.41, 5.74) is 0.639. The van der Waals surface area contributed by atoms with Crippen molar-refractivity contribution in [3.05, 3.63) is 17.5 Å². The molecule has 6 heteroatoms. The molecule has 0 spiro atoms. The van der Waals surface area contributed by atoms with E-state index >= 15 is 0 Å². The smallest absolute Gasteiger partial charge is 0.239 e. The molecule has 1 aromatic heterocycles. The Balaban J connectivity index is 2.81. The van der Waals surface area contributed by atoms with Crippen LogP contribution >= 0.6 is 10.7 Å². The highest BCUT2D eigenvalue weighted by Crippen LogP contribution is 2.09. The predicted molar refractivity (Wildman–Crippen MR) is 39.7 cm³/mol. The molecule has 0 N–H and O–H groups in total. The number of nitrogens with zero attached hydrogens (tertiary/aromatic N) is 1. The van der Waals surface area contributed by atoms with E-state index in [0.29, 0.717) is 5.69 Å². The Labute approximate surface area is 68.6 Å². The van der Waals surface area contributed by atoms with Crippen molar-refractivity contribution in [1.82, 2.24) is 5.16 Å². The van der Waals surface area contributed by atoms with Gasteiger partial charge in [0.2, 0.25) is 9.05 Å². The summed E-state index contributed by atoms with van der Waals surface area (Å²) in [5.74, 6) is -0.0485. The lowest BCUT2D eigenvalue weighted by atomic mass is 10.4. The van der Waals surface area contributed by atoms with Gasteiger partial charge in [0, 0.05) is 16.7 Å². The van der Waals surface area contributed by atoms with Gasteiger partial charge in [0.05, 0.1) is 5.69 Å². The highest BCUT2D eigenvalue weighted by Gasteiger charge is 2.10. The second-order valence-corrected chi connectivity index (χ2v) is 4.89. The van der Waals surface area contributed by atoms with E-state index in [1.807, 2.05) is 0 Å². The van der Waals surface area contributed by atoms with Crippen molar-refractivity contribution in [1.29, 1.82) is 0 Å². The third-order valence-corrected chi connectivity index (χ3v) is 1.95. The van der Waals surface area contributed by atoms with Gasteiger partial charge in [0.15, 0.2) is 5.76 Å². The Kier molecular flexibility index (Phi) is 2.20. The lowest BCUT2D eigenvalue weighted by Gasteiger charge is -1.86. The van der Waals surface area contributed by atoms with E-state index in [1.54, 1.807) is 6.92 Å². The zero-order valence-electron chi connectivity index (χ0n) is 5.74. The summed E-state index contributed by atoms with van der Waals surface area (Å²) in [6.07, 6.45) is 0. The van der Waals surface area contributed by atoms with E-state index in [0.717, 1.165) is 0 Å². The maximum atomic E-state index is 10.5. The largest absolute Gasteiger partial charge is 0.360 e. The van der Waals surface area contributed by atoms with Gasteiger partial charge in [0.25, 0.3) is 0 Å². The van der Waals surface area contributed by atoms with Crippen molar-refractivity contribution in [3.8, 4) is 0 Å². The number of halogens is 1. The maximum Gasteiger partial charge on any atom is 0.239 e. The van der Waals surface area contributed by atoms with Crippen LogP contribution in [0, 0.1) is 6.92 Å². The third-order valence-electron chi connectivity index (χ3n) is 0.991. The highest BCUT2D eigenvalue weighted by atomic mass is 35.7. The van der Waals surface area contributed by atoms with Gasteiger partial charge >= 0.3 is 0 Å². The predicted octanol–water partition coefficient (Wildman–Crippen LogP) is 1.05. The minimum Gasteiger partial charge on any atom is -0.360 e. The van der Waals surface area contributed by atoms with E-state index in [4.69, 9.17) is 10.7 Å². The Bertz CT molecular complexity index is 342. The average molecular weight is 196 g/mol. The molecule has 11 heavy (non-hydrogen) atoms. The summed E-state index contributed by atoms with van der Waals surface area (Å²) >= 11 is 0. The molecule has 1 heterocycles. The Morgan fingerprint density at radius 1 is 1.73 bits per heavy atom. The Hall–Kier alpha value is -0.550. The first-order chi connectivity index (χ1) is 4.97.